The number of hydrogen-bond acceptors (Lipinski definition) is 2. The van der Waals surface area contributed by atoms with Crippen LogP contribution < -0.4 is 4.72 Å². The van der Waals surface area contributed by atoms with Crippen LogP contribution in [-0.2, 0) is 10.0 Å². The first-order valence-electron chi connectivity index (χ1n) is 5.12. The van der Waals surface area contributed by atoms with E-state index < -0.39 is 15.8 Å². The van der Waals surface area contributed by atoms with Crippen LogP contribution in [0.3, 0.4) is 0 Å². The van der Waals surface area contributed by atoms with E-state index in [9.17, 15) is 12.8 Å². The van der Waals surface area contributed by atoms with Crippen molar-refractivity contribution in [2.45, 2.75) is 4.90 Å². The van der Waals surface area contributed by atoms with Gasteiger partial charge in [0.25, 0.3) is 10.0 Å². The second-order valence-corrected chi connectivity index (χ2v) is 6.15. The average molecular weight is 320 g/mol. The molecule has 19 heavy (non-hydrogen) atoms. The Morgan fingerprint density at radius 3 is 2.00 bits per heavy atom. The van der Waals surface area contributed by atoms with Crippen molar-refractivity contribution in [3.8, 4) is 0 Å². The van der Waals surface area contributed by atoms with E-state index in [0.717, 1.165) is 24.3 Å². The lowest BCUT2D eigenvalue weighted by atomic mass is 10.3. The van der Waals surface area contributed by atoms with Crippen LogP contribution in [0.15, 0.2) is 47.4 Å². The zero-order valence-electron chi connectivity index (χ0n) is 9.40. The quantitative estimate of drug-likeness (QED) is 0.931. The first kappa shape index (κ1) is 14.1. The maximum Gasteiger partial charge on any atom is 0.261 e. The van der Waals surface area contributed by atoms with Crippen LogP contribution in [0.1, 0.15) is 0 Å². The second kappa shape index (κ2) is 5.36. The van der Waals surface area contributed by atoms with Crippen LogP contribution in [0.25, 0.3) is 0 Å². The first-order valence-corrected chi connectivity index (χ1v) is 7.36. The van der Waals surface area contributed by atoms with Crippen LogP contribution in [0, 0.1) is 5.82 Å². The van der Waals surface area contributed by atoms with Crippen LogP contribution >= 0.6 is 23.2 Å². The molecule has 0 aliphatic carbocycles. The number of hydrogen-bond donors (Lipinski definition) is 1. The van der Waals surface area contributed by atoms with Gasteiger partial charge in [-0.15, -0.1) is 0 Å². The first-order chi connectivity index (χ1) is 8.90. The molecule has 0 atom stereocenters. The summed E-state index contributed by atoms with van der Waals surface area (Å²) in [6.45, 7) is 0. The Morgan fingerprint density at radius 2 is 1.47 bits per heavy atom. The summed E-state index contributed by atoms with van der Waals surface area (Å²) >= 11 is 11.8. The Morgan fingerprint density at radius 1 is 0.947 bits per heavy atom. The molecular formula is C12H8Cl2FNO2S. The van der Waals surface area contributed by atoms with Gasteiger partial charge < -0.3 is 0 Å². The van der Waals surface area contributed by atoms with E-state index in [4.69, 9.17) is 23.2 Å². The minimum absolute atomic E-state index is 0.0788. The van der Waals surface area contributed by atoms with Gasteiger partial charge in [0.05, 0.1) is 20.6 Å². The molecule has 0 fully saturated rings. The summed E-state index contributed by atoms with van der Waals surface area (Å²) in [6.07, 6.45) is 0. The van der Waals surface area contributed by atoms with E-state index in [1.54, 1.807) is 6.07 Å². The summed E-state index contributed by atoms with van der Waals surface area (Å²) in [5.41, 5.74) is 0.0927. The summed E-state index contributed by atoms with van der Waals surface area (Å²) in [4.78, 5) is -0.0788. The number of benzene rings is 2. The Hall–Kier alpha value is -1.30. The van der Waals surface area contributed by atoms with Crippen molar-refractivity contribution in [3.05, 3.63) is 58.3 Å². The molecule has 1 N–H and O–H groups in total. The smallest absolute Gasteiger partial charge is 0.261 e. The summed E-state index contributed by atoms with van der Waals surface area (Å²) < 4.78 is 39.2. The third-order valence-corrected chi connectivity index (χ3v) is 4.32. The Kier molecular flexibility index (Phi) is 3.99. The molecule has 0 amide bonds. The minimum atomic E-state index is -3.86. The molecule has 3 nitrogen and oxygen atoms in total. The molecule has 0 aliphatic rings. The van der Waals surface area contributed by atoms with Gasteiger partial charge in [0.2, 0.25) is 0 Å². The van der Waals surface area contributed by atoms with Gasteiger partial charge in [0.15, 0.2) is 0 Å². The standard InChI is InChI=1S/C12H8Cl2FNO2S/c13-10-2-1-3-11(14)12(10)16-19(17,18)9-6-4-8(15)5-7-9/h1-7,16H. The lowest BCUT2D eigenvalue weighted by molar-refractivity contribution is 0.599. The third-order valence-electron chi connectivity index (χ3n) is 2.32. The molecule has 0 saturated carbocycles. The second-order valence-electron chi connectivity index (χ2n) is 3.66. The molecular weight excluding hydrogens is 312 g/mol. The topological polar surface area (TPSA) is 46.2 Å². The Labute approximate surface area is 120 Å². The van der Waals surface area contributed by atoms with E-state index >= 15 is 0 Å². The van der Waals surface area contributed by atoms with E-state index in [-0.39, 0.29) is 20.6 Å². The number of sulfonamides is 1. The van der Waals surface area contributed by atoms with Crippen LogP contribution in [0.5, 0.6) is 0 Å². The molecule has 0 saturated heterocycles. The SMILES string of the molecule is O=S(=O)(Nc1c(Cl)cccc1Cl)c1ccc(F)cc1. The van der Waals surface area contributed by atoms with Crippen LogP contribution in [0.4, 0.5) is 10.1 Å². The van der Waals surface area contributed by atoms with Crippen molar-refractivity contribution in [1.82, 2.24) is 0 Å². The molecule has 0 aliphatic heterocycles. The van der Waals surface area contributed by atoms with E-state index in [1.165, 1.54) is 12.1 Å². The predicted molar refractivity (Wildman–Crippen MR) is 73.7 cm³/mol. The van der Waals surface area contributed by atoms with E-state index in [2.05, 4.69) is 4.72 Å². The normalized spacial score (nSPS) is 11.3. The van der Waals surface area contributed by atoms with Gasteiger partial charge in [0.1, 0.15) is 5.82 Å². The highest BCUT2D eigenvalue weighted by Crippen LogP contribution is 2.31. The van der Waals surface area contributed by atoms with Gasteiger partial charge in [0, 0.05) is 0 Å². The lowest BCUT2D eigenvalue weighted by Crippen LogP contribution is -2.13. The molecule has 0 radical (unpaired) electrons. The zero-order valence-corrected chi connectivity index (χ0v) is 11.7. The molecule has 0 heterocycles. The van der Waals surface area contributed by atoms with Gasteiger partial charge in [-0.2, -0.15) is 0 Å². The van der Waals surface area contributed by atoms with E-state index in [1.807, 2.05) is 0 Å². The van der Waals surface area contributed by atoms with Gasteiger partial charge in [-0.3, -0.25) is 4.72 Å². The molecule has 0 spiro atoms. The third kappa shape index (κ3) is 3.18. The van der Waals surface area contributed by atoms with Gasteiger partial charge in [-0.25, -0.2) is 12.8 Å². The number of halogens is 3. The summed E-state index contributed by atoms with van der Waals surface area (Å²) in [5, 5.41) is 0.358. The number of nitrogens with one attached hydrogen (secondary N) is 1. The highest BCUT2D eigenvalue weighted by atomic mass is 35.5. The lowest BCUT2D eigenvalue weighted by Gasteiger charge is -2.11. The summed E-state index contributed by atoms with van der Waals surface area (Å²) in [5.74, 6) is -0.519. The highest BCUT2D eigenvalue weighted by molar-refractivity contribution is 7.92. The molecule has 2 rings (SSSR count). The highest BCUT2D eigenvalue weighted by Gasteiger charge is 2.17. The van der Waals surface area contributed by atoms with Gasteiger partial charge >= 0.3 is 0 Å². The maximum absolute atomic E-state index is 12.8. The van der Waals surface area contributed by atoms with Crippen molar-refractivity contribution in [1.29, 1.82) is 0 Å². The van der Waals surface area contributed by atoms with Crippen LogP contribution in [-0.4, -0.2) is 8.42 Å². The largest absolute Gasteiger partial charge is 0.277 e. The van der Waals surface area contributed by atoms with Crippen LogP contribution in [0.2, 0.25) is 10.0 Å². The molecule has 2 aromatic rings. The Balaban J connectivity index is 2.39. The summed E-state index contributed by atoms with van der Waals surface area (Å²) in [6, 6.07) is 9.04. The molecule has 2 aromatic carbocycles. The fourth-order valence-electron chi connectivity index (χ4n) is 1.40. The maximum atomic E-state index is 12.8. The number of rotatable bonds is 3. The predicted octanol–water partition coefficient (Wildman–Crippen LogP) is 3.93. The monoisotopic (exact) mass is 319 g/mol. The molecule has 7 heteroatoms. The van der Waals surface area contributed by atoms with Gasteiger partial charge in [-0.05, 0) is 36.4 Å². The fourth-order valence-corrected chi connectivity index (χ4v) is 3.11. The van der Waals surface area contributed by atoms with Crippen molar-refractivity contribution in [2.24, 2.45) is 0 Å². The molecule has 100 valence electrons. The summed E-state index contributed by atoms with van der Waals surface area (Å²) in [7, 11) is -3.86. The van der Waals surface area contributed by atoms with Crippen molar-refractivity contribution < 1.29 is 12.8 Å². The fraction of sp³-hybridized carbons (Fsp3) is 0. The Bertz CT molecular complexity index is 682. The molecule has 0 aromatic heterocycles. The minimum Gasteiger partial charge on any atom is -0.277 e. The number of para-hydroxylation sites is 1. The van der Waals surface area contributed by atoms with E-state index in [0.29, 0.717) is 0 Å². The van der Waals surface area contributed by atoms with Crippen molar-refractivity contribution in [2.75, 3.05) is 4.72 Å². The number of anilines is 1. The molecule has 0 unspecified atom stereocenters. The molecule has 0 bridgehead atoms. The zero-order chi connectivity index (χ0) is 14.0. The van der Waals surface area contributed by atoms with Crippen molar-refractivity contribution in [3.63, 3.8) is 0 Å². The average Bonchev–Trinajstić information content (AvgIpc) is 2.35. The van der Waals surface area contributed by atoms with Crippen molar-refractivity contribution >= 4 is 38.9 Å². The van der Waals surface area contributed by atoms with Gasteiger partial charge in [-0.1, -0.05) is 29.3 Å².